The van der Waals surface area contributed by atoms with Gasteiger partial charge in [0.25, 0.3) is 0 Å². The topological polar surface area (TPSA) is 11.4 Å². The van der Waals surface area contributed by atoms with Crippen molar-refractivity contribution in [1.29, 1.82) is 0 Å². The molecule has 13 aromatic carbocycles. The van der Waals surface area contributed by atoms with Gasteiger partial charge in [-0.1, -0.05) is 224 Å². The van der Waals surface area contributed by atoms with E-state index in [1.807, 2.05) is 0 Å². The molecule has 0 spiro atoms. The quantitative estimate of drug-likeness (QED) is 0.121. The molecule has 14 rings (SSSR count). The van der Waals surface area contributed by atoms with Crippen LogP contribution in [0, 0.1) is 0 Å². The Hall–Kier alpha value is -10.5. The number of benzene rings is 13. The van der Waals surface area contributed by atoms with E-state index >= 15 is 0 Å². The molecule has 0 aliphatic carbocycles. The molecule has 372 valence electrons. The van der Waals surface area contributed by atoms with Crippen LogP contribution in [-0.2, 0) is 0 Å². The highest BCUT2D eigenvalue weighted by Gasteiger charge is 2.21. The Labute approximate surface area is 461 Å². The van der Waals surface area contributed by atoms with Crippen LogP contribution in [0.15, 0.2) is 322 Å². The van der Waals surface area contributed by atoms with Gasteiger partial charge in [-0.3, -0.25) is 0 Å². The molecule has 0 fully saturated rings. The summed E-state index contributed by atoms with van der Waals surface area (Å²) < 4.78 is 2.47. The van der Waals surface area contributed by atoms with Gasteiger partial charge in [-0.2, -0.15) is 0 Å². The van der Waals surface area contributed by atoms with Crippen molar-refractivity contribution in [3.05, 3.63) is 322 Å². The lowest BCUT2D eigenvalue weighted by Gasteiger charge is -2.27. The van der Waals surface area contributed by atoms with Crippen molar-refractivity contribution >= 4 is 66.7 Å². The minimum absolute atomic E-state index is 1.06. The average molecular weight is 1010 g/mol. The van der Waals surface area contributed by atoms with Crippen molar-refractivity contribution < 1.29 is 0 Å². The number of rotatable bonds is 12. The minimum Gasteiger partial charge on any atom is -0.310 e. The number of anilines is 6. The molecule has 0 aliphatic rings. The van der Waals surface area contributed by atoms with Crippen molar-refractivity contribution in [3.8, 4) is 61.3 Å². The van der Waals surface area contributed by atoms with E-state index in [0.717, 1.165) is 67.4 Å². The number of fused-ring (bicyclic) bond motifs is 4. The highest BCUT2D eigenvalue weighted by Crippen LogP contribution is 2.45. The van der Waals surface area contributed by atoms with Crippen LogP contribution in [0.1, 0.15) is 0 Å². The van der Waals surface area contributed by atoms with Gasteiger partial charge in [0, 0.05) is 50.6 Å². The first kappa shape index (κ1) is 47.0. The van der Waals surface area contributed by atoms with Gasteiger partial charge in [0.15, 0.2) is 0 Å². The summed E-state index contributed by atoms with van der Waals surface area (Å²) in [6.45, 7) is 0. The zero-order chi connectivity index (χ0) is 52.5. The fourth-order valence-electron chi connectivity index (χ4n) is 11.4. The first-order valence-corrected chi connectivity index (χ1v) is 27.1. The molecule has 3 nitrogen and oxygen atoms in total. The number of nitrogens with zero attached hydrogens (tertiary/aromatic N) is 3. The van der Waals surface area contributed by atoms with Gasteiger partial charge in [-0.15, -0.1) is 0 Å². The van der Waals surface area contributed by atoms with E-state index in [1.165, 1.54) is 60.7 Å². The molecular weight excluding hydrogens is 955 g/mol. The maximum atomic E-state index is 2.47. The van der Waals surface area contributed by atoms with Gasteiger partial charge in [0.05, 0.1) is 11.0 Å². The third-order valence-electron chi connectivity index (χ3n) is 15.3. The van der Waals surface area contributed by atoms with Crippen LogP contribution >= 0.6 is 0 Å². The van der Waals surface area contributed by atoms with Crippen LogP contribution in [0.3, 0.4) is 0 Å². The van der Waals surface area contributed by atoms with Gasteiger partial charge in [-0.25, -0.2) is 0 Å². The molecule has 0 saturated carbocycles. The predicted molar refractivity (Wildman–Crippen MR) is 335 cm³/mol. The fraction of sp³-hybridized carbons (Fsp3) is 0. The van der Waals surface area contributed by atoms with Gasteiger partial charge >= 0.3 is 0 Å². The number of aromatic nitrogens is 1. The zero-order valence-corrected chi connectivity index (χ0v) is 43.4. The standard InChI is InChI=1S/C76H53N3/c1-6-20-54(21-7-1)59-38-41-66(42-39-59)79-75-52-65-50-71(77(67-34-16-30-60(46-67)55-22-8-2-9-23-55)68-35-17-31-61(47-68)56-24-10-3-11-25-56)43-40-64(65)51-74(75)73-45-44-72(53-76(73)79)78(69-36-18-32-62(48-69)57-26-12-4-13-27-57)70-37-19-33-63(49-70)58-28-14-5-15-29-58/h1-53H. The lowest BCUT2D eigenvalue weighted by molar-refractivity contribution is 1.18. The van der Waals surface area contributed by atoms with E-state index in [-0.39, 0.29) is 0 Å². The molecule has 0 saturated heterocycles. The molecule has 79 heavy (non-hydrogen) atoms. The van der Waals surface area contributed by atoms with Gasteiger partial charge in [0.1, 0.15) is 0 Å². The molecule has 0 atom stereocenters. The summed E-state index contributed by atoms with van der Waals surface area (Å²) in [6.07, 6.45) is 0. The smallest absolute Gasteiger partial charge is 0.0561 e. The Morgan fingerprint density at radius 2 is 0.519 bits per heavy atom. The second kappa shape index (κ2) is 20.6. The normalized spacial score (nSPS) is 11.3. The molecule has 0 radical (unpaired) electrons. The summed E-state index contributed by atoms with van der Waals surface area (Å²) in [5, 5.41) is 4.70. The molecule has 0 N–H and O–H groups in total. The van der Waals surface area contributed by atoms with Crippen molar-refractivity contribution in [2.75, 3.05) is 9.80 Å². The monoisotopic (exact) mass is 1010 g/mol. The summed E-state index contributed by atoms with van der Waals surface area (Å²) in [5.41, 5.74) is 21.5. The van der Waals surface area contributed by atoms with Crippen LogP contribution in [0.4, 0.5) is 34.1 Å². The first-order valence-electron chi connectivity index (χ1n) is 27.1. The van der Waals surface area contributed by atoms with Crippen molar-refractivity contribution in [2.45, 2.75) is 0 Å². The number of hydrogen-bond donors (Lipinski definition) is 0. The van der Waals surface area contributed by atoms with Crippen molar-refractivity contribution in [1.82, 2.24) is 4.57 Å². The molecule has 1 heterocycles. The Kier molecular flexibility index (Phi) is 12.2. The molecule has 0 amide bonds. The highest BCUT2D eigenvalue weighted by molar-refractivity contribution is 6.15. The third kappa shape index (κ3) is 9.20. The molecule has 0 unspecified atom stereocenters. The third-order valence-corrected chi connectivity index (χ3v) is 15.3. The summed E-state index contributed by atoms with van der Waals surface area (Å²) in [4.78, 5) is 4.82. The largest absolute Gasteiger partial charge is 0.310 e. The van der Waals surface area contributed by atoms with E-state index < -0.39 is 0 Å². The Bertz CT molecular complexity index is 4290. The van der Waals surface area contributed by atoms with Gasteiger partial charge in [0.2, 0.25) is 0 Å². The lowest BCUT2D eigenvalue weighted by atomic mass is 10.0. The molecule has 0 bridgehead atoms. The molecule has 3 heteroatoms. The van der Waals surface area contributed by atoms with E-state index in [1.54, 1.807) is 0 Å². The summed E-state index contributed by atoms with van der Waals surface area (Å²) >= 11 is 0. The predicted octanol–water partition coefficient (Wildman–Crippen LogP) is 21.2. The van der Waals surface area contributed by atoms with Crippen LogP contribution in [0.5, 0.6) is 0 Å². The summed E-state index contributed by atoms with van der Waals surface area (Å²) in [5.74, 6) is 0. The summed E-state index contributed by atoms with van der Waals surface area (Å²) in [7, 11) is 0. The van der Waals surface area contributed by atoms with Crippen LogP contribution < -0.4 is 9.80 Å². The van der Waals surface area contributed by atoms with E-state index in [2.05, 4.69) is 336 Å². The second-order valence-corrected chi connectivity index (χ2v) is 20.2. The Morgan fingerprint density at radius 1 is 0.190 bits per heavy atom. The zero-order valence-electron chi connectivity index (χ0n) is 43.4. The Balaban J connectivity index is 0.970. The summed E-state index contributed by atoms with van der Waals surface area (Å²) in [6, 6.07) is 117. The Morgan fingerprint density at radius 3 is 0.937 bits per heavy atom. The SMILES string of the molecule is c1ccc(-c2ccc(-n3c4cc(N(c5cccc(-c6ccccc6)c5)c5cccc(-c6ccccc6)c5)ccc4c4cc5ccc(N(c6cccc(-c7ccccc7)c6)c6cccc(-c7ccccc7)c6)cc5cc43)cc2)cc1. The highest BCUT2D eigenvalue weighted by atomic mass is 15.1. The van der Waals surface area contributed by atoms with Crippen molar-refractivity contribution in [3.63, 3.8) is 0 Å². The van der Waals surface area contributed by atoms with E-state index in [0.29, 0.717) is 0 Å². The second-order valence-electron chi connectivity index (χ2n) is 20.2. The van der Waals surface area contributed by atoms with Crippen LogP contribution in [0.25, 0.3) is 93.9 Å². The number of hydrogen-bond acceptors (Lipinski definition) is 2. The molecule has 1 aromatic heterocycles. The van der Waals surface area contributed by atoms with E-state index in [4.69, 9.17) is 0 Å². The minimum atomic E-state index is 1.06. The van der Waals surface area contributed by atoms with E-state index in [9.17, 15) is 0 Å². The maximum absolute atomic E-state index is 2.47. The molecule has 0 aliphatic heterocycles. The molecular formula is C76H53N3. The van der Waals surface area contributed by atoms with Gasteiger partial charge < -0.3 is 14.4 Å². The van der Waals surface area contributed by atoms with Crippen LogP contribution in [-0.4, -0.2) is 4.57 Å². The molecule has 14 aromatic rings. The maximum Gasteiger partial charge on any atom is 0.0561 e. The van der Waals surface area contributed by atoms with Crippen molar-refractivity contribution in [2.24, 2.45) is 0 Å². The van der Waals surface area contributed by atoms with Gasteiger partial charge in [-0.05, 0) is 163 Å². The fourth-order valence-corrected chi connectivity index (χ4v) is 11.4. The average Bonchev–Trinajstić information content (AvgIpc) is 3.99. The van der Waals surface area contributed by atoms with Crippen LogP contribution in [0.2, 0.25) is 0 Å². The lowest BCUT2D eigenvalue weighted by Crippen LogP contribution is -2.10. The first-order chi connectivity index (χ1) is 39.1.